The summed E-state index contributed by atoms with van der Waals surface area (Å²) in [4.78, 5) is 0. The van der Waals surface area contributed by atoms with E-state index in [9.17, 15) is 0 Å². The number of nitrogens with one attached hydrogen (secondary N) is 1. The van der Waals surface area contributed by atoms with Gasteiger partial charge in [-0.2, -0.15) is 0 Å². The van der Waals surface area contributed by atoms with E-state index < -0.39 is 0 Å². The minimum atomic E-state index is 0.377. The molecule has 1 atom stereocenters. The van der Waals surface area contributed by atoms with Crippen LogP contribution in [0.25, 0.3) is 0 Å². The lowest BCUT2D eigenvalue weighted by molar-refractivity contribution is 0.268. The van der Waals surface area contributed by atoms with Crippen LogP contribution in [0.1, 0.15) is 46.2 Å². The fourth-order valence-corrected chi connectivity index (χ4v) is 2.55. The van der Waals surface area contributed by atoms with Crippen molar-refractivity contribution in [2.24, 2.45) is 17.8 Å². The SMILES string of the molecule is CC(NCC(C(C)C)C(C)C)c1ccc(Cl)cc1. The van der Waals surface area contributed by atoms with Crippen molar-refractivity contribution < 1.29 is 0 Å². The summed E-state index contributed by atoms with van der Waals surface area (Å²) < 4.78 is 0. The van der Waals surface area contributed by atoms with Gasteiger partial charge in [-0.3, -0.25) is 0 Å². The van der Waals surface area contributed by atoms with Gasteiger partial charge in [0.1, 0.15) is 0 Å². The summed E-state index contributed by atoms with van der Waals surface area (Å²) in [5.41, 5.74) is 1.30. The maximum Gasteiger partial charge on any atom is 0.0406 e. The Hall–Kier alpha value is -0.530. The Bertz CT molecular complexity index is 335. The second kappa shape index (κ2) is 7.16. The van der Waals surface area contributed by atoms with Gasteiger partial charge in [-0.05, 0) is 48.9 Å². The Balaban J connectivity index is 2.54. The van der Waals surface area contributed by atoms with Gasteiger partial charge in [-0.25, -0.2) is 0 Å². The zero-order valence-electron chi connectivity index (χ0n) is 12.2. The molecule has 1 unspecified atom stereocenters. The maximum atomic E-state index is 5.91. The zero-order valence-corrected chi connectivity index (χ0v) is 13.0. The molecule has 0 bridgehead atoms. The predicted octanol–water partition coefficient (Wildman–Crippen LogP) is 4.92. The first-order valence-electron chi connectivity index (χ1n) is 6.90. The van der Waals surface area contributed by atoms with Crippen molar-refractivity contribution in [1.82, 2.24) is 5.32 Å². The summed E-state index contributed by atoms with van der Waals surface area (Å²) in [6.45, 7) is 12.5. The molecule has 0 aliphatic heterocycles. The molecular weight excluding hydrogens is 242 g/mol. The van der Waals surface area contributed by atoms with E-state index in [1.54, 1.807) is 0 Å². The number of hydrogen-bond acceptors (Lipinski definition) is 1. The highest BCUT2D eigenvalue weighted by molar-refractivity contribution is 6.30. The molecule has 0 fully saturated rings. The lowest BCUT2D eigenvalue weighted by Gasteiger charge is -2.27. The third-order valence-corrected chi connectivity index (χ3v) is 3.99. The van der Waals surface area contributed by atoms with Crippen LogP contribution in [0.15, 0.2) is 24.3 Å². The van der Waals surface area contributed by atoms with E-state index in [-0.39, 0.29) is 0 Å². The number of rotatable bonds is 6. The van der Waals surface area contributed by atoms with Gasteiger partial charge in [0.05, 0.1) is 0 Å². The minimum absolute atomic E-state index is 0.377. The van der Waals surface area contributed by atoms with Crippen molar-refractivity contribution >= 4 is 11.6 Å². The average molecular weight is 268 g/mol. The van der Waals surface area contributed by atoms with Crippen LogP contribution in [0.4, 0.5) is 0 Å². The molecule has 0 heterocycles. The molecule has 0 spiro atoms. The second-order valence-electron chi connectivity index (χ2n) is 5.83. The summed E-state index contributed by atoms with van der Waals surface area (Å²) in [7, 11) is 0. The molecule has 1 aromatic rings. The van der Waals surface area contributed by atoms with Gasteiger partial charge in [0, 0.05) is 11.1 Å². The molecule has 2 heteroatoms. The highest BCUT2D eigenvalue weighted by Crippen LogP contribution is 2.21. The van der Waals surface area contributed by atoms with E-state index >= 15 is 0 Å². The van der Waals surface area contributed by atoms with Crippen LogP contribution in [0.2, 0.25) is 5.02 Å². The quantitative estimate of drug-likeness (QED) is 0.772. The molecule has 1 N–H and O–H groups in total. The lowest BCUT2D eigenvalue weighted by Crippen LogP contribution is -2.31. The highest BCUT2D eigenvalue weighted by Gasteiger charge is 2.18. The zero-order chi connectivity index (χ0) is 13.7. The summed E-state index contributed by atoms with van der Waals surface area (Å²) in [5.74, 6) is 2.16. The normalized spacial score (nSPS) is 13.6. The van der Waals surface area contributed by atoms with Gasteiger partial charge in [-0.1, -0.05) is 51.4 Å². The van der Waals surface area contributed by atoms with Crippen molar-refractivity contribution in [1.29, 1.82) is 0 Å². The Morgan fingerprint density at radius 3 is 1.89 bits per heavy atom. The van der Waals surface area contributed by atoms with Crippen molar-refractivity contribution in [2.45, 2.75) is 40.7 Å². The van der Waals surface area contributed by atoms with Crippen LogP contribution < -0.4 is 5.32 Å². The number of hydrogen-bond donors (Lipinski definition) is 1. The van der Waals surface area contributed by atoms with Crippen LogP contribution in [0.3, 0.4) is 0 Å². The van der Waals surface area contributed by atoms with Crippen molar-refractivity contribution in [3.63, 3.8) is 0 Å². The fourth-order valence-electron chi connectivity index (χ4n) is 2.42. The first-order chi connectivity index (χ1) is 8.41. The van der Waals surface area contributed by atoms with E-state index in [1.807, 2.05) is 12.1 Å². The largest absolute Gasteiger partial charge is 0.310 e. The van der Waals surface area contributed by atoms with E-state index in [4.69, 9.17) is 11.6 Å². The van der Waals surface area contributed by atoms with E-state index in [0.717, 1.165) is 29.3 Å². The summed E-state index contributed by atoms with van der Waals surface area (Å²) in [5, 5.41) is 4.44. The van der Waals surface area contributed by atoms with Crippen LogP contribution in [0, 0.1) is 17.8 Å². The molecule has 0 aliphatic carbocycles. The molecule has 0 aliphatic rings. The smallest absolute Gasteiger partial charge is 0.0406 e. The molecule has 102 valence electrons. The standard InChI is InChI=1S/C16H26ClN/c1-11(2)16(12(3)4)10-18-13(5)14-6-8-15(17)9-7-14/h6-9,11-13,16,18H,10H2,1-5H3. The van der Waals surface area contributed by atoms with Gasteiger partial charge in [0.15, 0.2) is 0 Å². The van der Waals surface area contributed by atoms with Gasteiger partial charge in [0.25, 0.3) is 0 Å². The Morgan fingerprint density at radius 1 is 0.944 bits per heavy atom. The maximum absolute atomic E-state index is 5.91. The molecule has 18 heavy (non-hydrogen) atoms. The number of halogens is 1. The first kappa shape index (κ1) is 15.5. The fraction of sp³-hybridized carbons (Fsp3) is 0.625. The van der Waals surface area contributed by atoms with Gasteiger partial charge >= 0.3 is 0 Å². The van der Waals surface area contributed by atoms with Crippen molar-refractivity contribution in [3.8, 4) is 0 Å². The van der Waals surface area contributed by atoms with Crippen LogP contribution in [-0.2, 0) is 0 Å². The molecule has 0 aromatic heterocycles. The predicted molar refractivity (Wildman–Crippen MR) is 81.0 cm³/mol. The molecule has 0 radical (unpaired) electrons. The monoisotopic (exact) mass is 267 g/mol. The number of benzene rings is 1. The van der Waals surface area contributed by atoms with Crippen LogP contribution >= 0.6 is 11.6 Å². The first-order valence-corrected chi connectivity index (χ1v) is 7.28. The van der Waals surface area contributed by atoms with Crippen molar-refractivity contribution in [2.75, 3.05) is 6.54 Å². The van der Waals surface area contributed by atoms with Crippen LogP contribution in [0.5, 0.6) is 0 Å². The lowest BCUT2D eigenvalue weighted by atomic mass is 9.85. The third kappa shape index (κ3) is 4.62. The molecular formula is C16H26ClN. The molecule has 0 saturated heterocycles. The van der Waals surface area contributed by atoms with E-state index in [1.165, 1.54) is 5.56 Å². The van der Waals surface area contributed by atoms with Gasteiger partial charge in [-0.15, -0.1) is 0 Å². The average Bonchev–Trinajstić information content (AvgIpc) is 2.28. The molecule has 1 aromatic carbocycles. The summed E-state index contributed by atoms with van der Waals surface area (Å²) in [6, 6.07) is 8.48. The summed E-state index contributed by atoms with van der Waals surface area (Å²) >= 11 is 5.91. The highest BCUT2D eigenvalue weighted by atomic mass is 35.5. The summed E-state index contributed by atoms with van der Waals surface area (Å²) in [6.07, 6.45) is 0. The topological polar surface area (TPSA) is 12.0 Å². The molecule has 1 nitrogen and oxygen atoms in total. The van der Waals surface area contributed by atoms with Gasteiger partial charge < -0.3 is 5.32 Å². The Labute approximate surface area is 117 Å². The van der Waals surface area contributed by atoms with E-state index in [0.29, 0.717) is 6.04 Å². The Kier molecular flexibility index (Phi) is 6.17. The second-order valence-corrected chi connectivity index (χ2v) is 6.27. The van der Waals surface area contributed by atoms with Gasteiger partial charge in [0.2, 0.25) is 0 Å². The Morgan fingerprint density at radius 2 is 1.44 bits per heavy atom. The molecule has 0 saturated carbocycles. The van der Waals surface area contributed by atoms with Crippen molar-refractivity contribution in [3.05, 3.63) is 34.9 Å². The van der Waals surface area contributed by atoms with E-state index in [2.05, 4.69) is 52.1 Å². The van der Waals surface area contributed by atoms with Crippen LogP contribution in [-0.4, -0.2) is 6.54 Å². The third-order valence-electron chi connectivity index (χ3n) is 3.74. The minimum Gasteiger partial charge on any atom is -0.310 e. The molecule has 0 amide bonds. The molecule has 1 rings (SSSR count).